The Morgan fingerprint density at radius 1 is 1.36 bits per heavy atom. The molecule has 0 aromatic carbocycles. The van der Waals surface area contributed by atoms with Crippen LogP contribution in [0, 0.1) is 0 Å². The van der Waals surface area contributed by atoms with Gasteiger partial charge in [-0.15, -0.1) is 11.8 Å². The van der Waals surface area contributed by atoms with Crippen LogP contribution in [0.4, 0.5) is 0 Å². The quantitative estimate of drug-likeness (QED) is 0.604. The van der Waals surface area contributed by atoms with Crippen molar-refractivity contribution in [2.75, 3.05) is 12.4 Å². The van der Waals surface area contributed by atoms with Crippen LogP contribution < -0.4 is 0 Å². The lowest BCUT2D eigenvalue weighted by Crippen LogP contribution is -2.14. The van der Waals surface area contributed by atoms with Gasteiger partial charge >= 0.3 is 0 Å². The van der Waals surface area contributed by atoms with E-state index in [2.05, 4.69) is 4.98 Å². The summed E-state index contributed by atoms with van der Waals surface area (Å²) in [6.07, 6.45) is 0.882. The molecule has 0 aliphatic carbocycles. The lowest BCUT2D eigenvalue weighted by Gasteiger charge is -2.05. The molecule has 1 atom stereocenters. The van der Waals surface area contributed by atoms with Crippen LogP contribution in [-0.2, 0) is 6.61 Å². The van der Waals surface area contributed by atoms with Crippen LogP contribution in [0.5, 0.6) is 0 Å². The van der Waals surface area contributed by atoms with Crippen LogP contribution >= 0.6 is 11.8 Å². The Morgan fingerprint density at radius 2 is 2.14 bits per heavy atom. The SMILES string of the molecule is OCc1ccc(SCC(O)CO)nc1. The summed E-state index contributed by atoms with van der Waals surface area (Å²) in [4.78, 5) is 4.07. The molecule has 4 nitrogen and oxygen atoms in total. The van der Waals surface area contributed by atoms with Gasteiger partial charge in [0.25, 0.3) is 0 Å². The number of thioether (sulfide) groups is 1. The van der Waals surface area contributed by atoms with Gasteiger partial charge in [0.1, 0.15) is 0 Å². The fraction of sp³-hybridized carbons (Fsp3) is 0.444. The lowest BCUT2D eigenvalue weighted by atomic mass is 10.3. The van der Waals surface area contributed by atoms with Crippen molar-refractivity contribution in [1.29, 1.82) is 0 Å². The van der Waals surface area contributed by atoms with E-state index in [9.17, 15) is 0 Å². The van der Waals surface area contributed by atoms with E-state index in [-0.39, 0.29) is 13.2 Å². The van der Waals surface area contributed by atoms with E-state index in [1.165, 1.54) is 11.8 Å². The minimum absolute atomic E-state index is 0.0167. The minimum Gasteiger partial charge on any atom is -0.394 e. The van der Waals surface area contributed by atoms with Gasteiger partial charge in [0, 0.05) is 11.9 Å². The van der Waals surface area contributed by atoms with E-state index in [1.54, 1.807) is 18.3 Å². The summed E-state index contributed by atoms with van der Waals surface area (Å²) in [5, 5.41) is 27.2. The van der Waals surface area contributed by atoms with Gasteiger partial charge in [-0.25, -0.2) is 4.98 Å². The summed E-state index contributed by atoms with van der Waals surface area (Å²) in [6, 6.07) is 3.56. The Balaban J connectivity index is 2.43. The first-order valence-corrected chi connectivity index (χ1v) is 5.22. The number of aliphatic hydroxyl groups excluding tert-OH is 3. The van der Waals surface area contributed by atoms with Gasteiger partial charge in [0.15, 0.2) is 0 Å². The van der Waals surface area contributed by atoms with E-state index in [0.29, 0.717) is 5.75 Å². The molecule has 1 aromatic heterocycles. The Morgan fingerprint density at radius 3 is 2.64 bits per heavy atom. The van der Waals surface area contributed by atoms with Crippen LogP contribution in [0.15, 0.2) is 23.4 Å². The zero-order chi connectivity index (χ0) is 10.4. The summed E-state index contributed by atoms with van der Waals surface area (Å²) in [5.41, 5.74) is 0.761. The Bertz CT molecular complexity index is 265. The molecule has 0 saturated carbocycles. The van der Waals surface area contributed by atoms with Gasteiger partial charge in [-0.1, -0.05) is 6.07 Å². The summed E-state index contributed by atoms with van der Waals surface area (Å²) >= 11 is 1.37. The zero-order valence-electron chi connectivity index (χ0n) is 7.63. The molecular formula is C9H13NO3S. The third-order valence-electron chi connectivity index (χ3n) is 1.61. The maximum Gasteiger partial charge on any atom is 0.0960 e. The summed E-state index contributed by atoms with van der Waals surface area (Å²) < 4.78 is 0. The molecular weight excluding hydrogens is 202 g/mol. The summed E-state index contributed by atoms with van der Waals surface area (Å²) in [6.45, 7) is -0.251. The van der Waals surface area contributed by atoms with Gasteiger partial charge in [-0.3, -0.25) is 0 Å². The predicted molar refractivity (Wildman–Crippen MR) is 54.0 cm³/mol. The molecule has 1 rings (SSSR count). The number of hydrogen-bond acceptors (Lipinski definition) is 5. The van der Waals surface area contributed by atoms with Crippen LogP contribution in [0.3, 0.4) is 0 Å². The van der Waals surface area contributed by atoms with Crippen LogP contribution in [0.25, 0.3) is 0 Å². The number of pyridine rings is 1. The second-order valence-corrected chi connectivity index (χ2v) is 3.85. The maximum absolute atomic E-state index is 9.08. The molecule has 0 amide bonds. The van der Waals surface area contributed by atoms with E-state index in [4.69, 9.17) is 15.3 Å². The third kappa shape index (κ3) is 3.63. The van der Waals surface area contributed by atoms with Crippen molar-refractivity contribution in [1.82, 2.24) is 4.98 Å². The average molecular weight is 215 g/mol. The van der Waals surface area contributed by atoms with Crippen molar-refractivity contribution in [3.63, 3.8) is 0 Å². The second kappa shape index (κ2) is 5.98. The van der Waals surface area contributed by atoms with E-state index in [0.717, 1.165) is 10.6 Å². The monoisotopic (exact) mass is 215 g/mol. The Kier molecular flexibility index (Phi) is 4.89. The third-order valence-corrected chi connectivity index (χ3v) is 2.70. The van der Waals surface area contributed by atoms with Crippen LogP contribution in [-0.4, -0.2) is 38.8 Å². The topological polar surface area (TPSA) is 73.6 Å². The van der Waals surface area contributed by atoms with E-state index >= 15 is 0 Å². The van der Waals surface area contributed by atoms with Gasteiger partial charge in [-0.05, 0) is 11.6 Å². The first-order valence-electron chi connectivity index (χ1n) is 4.23. The van der Waals surface area contributed by atoms with Gasteiger partial charge in [-0.2, -0.15) is 0 Å². The molecule has 1 aromatic rings. The number of aromatic nitrogens is 1. The van der Waals surface area contributed by atoms with Crippen LogP contribution in [0.1, 0.15) is 5.56 Å². The molecule has 0 radical (unpaired) electrons. The molecule has 78 valence electrons. The Labute approximate surface area is 86.6 Å². The number of hydrogen-bond donors (Lipinski definition) is 3. The molecule has 1 heterocycles. The Hall–Kier alpha value is -0.620. The van der Waals surface area contributed by atoms with Crippen molar-refractivity contribution in [2.45, 2.75) is 17.7 Å². The average Bonchev–Trinajstić information content (AvgIpc) is 2.26. The highest BCUT2D eigenvalue weighted by atomic mass is 32.2. The molecule has 3 N–H and O–H groups in total. The van der Waals surface area contributed by atoms with Gasteiger partial charge in [0.05, 0.1) is 24.3 Å². The molecule has 0 fully saturated rings. The normalized spacial score (nSPS) is 12.8. The number of aliphatic hydroxyl groups is 3. The smallest absolute Gasteiger partial charge is 0.0960 e. The molecule has 14 heavy (non-hydrogen) atoms. The molecule has 1 unspecified atom stereocenters. The van der Waals surface area contributed by atoms with Crippen molar-refractivity contribution < 1.29 is 15.3 Å². The minimum atomic E-state index is -0.709. The fourth-order valence-corrected chi connectivity index (χ4v) is 1.58. The van der Waals surface area contributed by atoms with E-state index in [1.807, 2.05) is 0 Å². The molecule has 0 aliphatic heterocycles. The lowest BCUT2D eigenvalue weighted by molar-refractivity contribution is 0.113. The highest BCUT2D eigenvalue weighted by Crippen LogP contribution is 2.16. The highest BCUT2D eigenvalue weighted by Gasteiger charge is 2.03. The van der Waals surface area contributed by atoms with Crippen molar-refractivity contribution in [2.24, 2.45) is 0 Å². The van der Waals surface area contributed by atoms with E-state index < -0.39 is 6.10 Å². The number of nitrogens with zero attached hydrogens (tertiary/aromatic N) is 1. The first kappa shape index (κ1) is 11.5. The number of rotatable bonds is 5. The first-order chi connectivity index (χ1) is 6.76. The maximum atomic E-state index is 9.08. The molecule has 0 aliphatic rings. The van der Waals surface area contributed by atoms with Crippen molar-refractivity contribution in [3.05, 3.63) is 23.9 Å². The summed E-state index contributed by atoms with van der Waals surface area (Å²) in [7, 11) is 0. The van der Waals surface area contributed by atoms with Crippen molar-refractivity contribution in [3.8, 4) is 0 Å². The largest absolute Gasteiger partial charge is 0.394 e. The second-order valence-electron chi connectivity index (χ2n) is 2.81. The highest BCUT2D eigenvalue weighted by molar-refractivity contribution is 7.99. The van der Waals surface area contributed by atoms with Crippen LogP contribution in [0.2, 0.25) is 0 Å². The molecule has 5 heteroatoms. The molecule has 0 saturated heterocycles. The molecule has 0 spiro atoms. The molecule has 0 bridgehead atoms. The van der Waals surface area contributed by atoms with Crippen molar-refractivity contribution >= 4 is 11.8 Å². The zero-order valence-corrected chi connectivity index (χ0v) is 8.44. The fourth-order valence-electron chi connectivity index (χ4n) is 0.824. The standard InChI is InChI=1S/C9H13NO3S/c11-4-7-1-2-9(10-3-7)14-6-8(13)5-12/h1-3,8,11-13H,4-6H2. The van der Waals surface area contributed by atoms with Gasteiger partial charge in [0.2, 0.25) is 0 Å². The van der Waals surface area contributed by atoms with Gasteiger partial charge < -0.3 is 15.3 Å². The summed E-state index contributed by atoms with van der Waals surface area (Å²) in [5.74, 6) is 0.419. The predicted octanol–water partition coefficient (Wildman–Crippen LogP) is 0.0192.